The van der Waals surface area contributed by atoms with Gasteiger partial charge in [-0.1, -0.05) is 36.8 Å². The molecule has 0 radical (unpaired) electrons. The van der Waals surface area contributed by atoms with Crippen molar-refractivity contribution in [2.24, 2.45) is 17.3 Å². The molecule has 0 heterocycles. The molecule has 33 heavy (non-hydrogen) atoms. The molecule has 0 spiro atoms. The van der Waals surface area contributed by atoms with Gasteiger partial charge >= 0.3 is 0 Å². The third kappa shape index (κ3) is 3.95. The smallest absolute Gasteiger partial charge is 0.163 e. The number of carbonyl (C=O) groups excluding carboxylic acids is 2. The summed E-state index contributed by atoms with van der Waals surface area (Å²) in [6.45, 7) is 5.38. The van der Waals surface area contributed by atoms with Gasteiger partial charge in [-0.05, 0) is 91.9 Å². The Morgan fingerprint density at radius 1 is 1.09 bits per heavy atom. The van der Waals surface area contributed by atoms with E-state index >= 15 is 0 Å². The SMILES string of the molecule is COCCO[C@H]1CC[C@H]2[C@@H]3CCC4=CC(=O)C(c5ccc(C(C)=O)cc5)CC4=C3CC[C@]12C. The molecule has 1 aromatic rings. The van der Waals surface area contributed by atoms with Crippen LogP contribution in [0.5, 0.6) is 0 Å². The van der Waals surface area contributed by atoms with Crippen LogP contribution in [0.3, 0.4) is 0 Å². The third-order valence-electron chi connectivity index (χ3n) is 9.08. The Labute approximate surface area is 197 Å². The van der Waals surface area contributed by atoms with Crippen LogP contribution in [0.4, 0.5) is 0 Å². The summed E-state index contributed by atoms with van der Waals surface area (Å²) in [5, 5.41) is 0. The van der Waals surface area contributed by atoms with Crippen molar-refractivity contribution in [1.82, 2.24) is 0 Å². The van der Waals surface area contributed by atoms with Crippen molar-refractivity contribution >= 4 is 11.6 Å². The van der Waals surface area contributed by atoms with E-state index in [1.807, 2.05) is 30.3 Å². The topological polar surface area (TPSA) is 52.6 Å². The van der Waals surface area contributed by atoms with Gasteiger partial charge in [0.05, 0.1) is 25.2 Å². The maximum atomic E-state index is 13.0. The van der Waals surface area contributed by atoms with Gasteiger partial charge in [0.1, 0.15) is 0 Å². The molecule has 4 nitrogen and oxygen atoms in total. The highest BCUT2D eigenvalue weighted by Crippen LogP contribution is 2.61. The van der Waals surface area contributed by atoms with Crippen LogP contribution in [-0.4, -0.2) is 38.0 Å². The van der Waals surface area contributed by atoms with Crippen molar-refractivity contribution in [2.45, 2.75) is 70.8 Å². The number of methoxy groups -OCH3 is 1. The first-order chi connectivity index (χ1) is 15.9. The Hall–Kier alpha value is -2.04. The quantitative estimate of drug-likeness (QED) is 0.406. The van der Waals surface area contributed by atoms with Crippen LogP contribution >= 0.6 is 0 Å². The summed E-state index contributed by atoms with van der Waals surface area (Å²) in [5.41, 5.74) is 6.37. The normalized spacial score (nSPS) is 33.3. The lowest BCUT2D eigenvalue weighted by Crippen LogP contribution is -2.43. The molecule has 0 aromatic heterocycles. The van der Waals surface area contributed by atoms with Gasteiger partial charge < -0.3 is 9.47 Å². The van der Waals surface area contributed by atoms with Gasteiger partial charge in [-0.3, -0.25) is 9.59 Å². The van der Waals surface area contributed by atoms with Crippen LogP contribution in [-0.2, 0) is 14.3 Å². The van der Waals surface area contributed by atoms with Gasteiger partial charge in [-0.25, -0.2) is 0 Å². The second-order valence-corrected chi connectivity index (χ2v) is 10.7. The maximum absolute atomic E-state index is 13.0. The van der Waals surface area contributed by atoms with E-state index in [2.05, 4.69) is 6.92 Å². The number of carbonyl (C=O) groups is 2. The predicted molar refractivity (Wildman–Crippen MR) is 128 cm³/mol. The molecule has 0 amide bonds. The van der Waals surface area contributed by atoms with Crippen LogP contribution in [0.25, 0.3) is 0 Å². The van der Waals surface area contributed by atoms with Gasteiger partial charge in [-0.2, -0.15) is 0 Å². The first-order valence-electron chi connectivity index (χ1n) is 12.6. The third-order valence-corrected chi connectivity index (χ3v) is 9.08. The van der Waals surface area contributed by atoms with E-state index in [0.29, 0.717) is 36.7 Å². The van der Waals surface area contributed by atoms with Crippen molar-refractivity contribution in [3.05, 3.63) is 58.2 Å². The zero-order valence-corrected chi connectivity index (χ0v) is 20.2. The lowest BCUT2D eigenvalue weighted by molar-refractivity contribution is -0.116. The summed E-state index contributed by atoms with van der Waals surface area (Å²) in [6.07, 6.45) is 9.95. The molecule has 0 saturated heterocycles. The van der Waals surface area contributed by atoms with Crippen LogP contribution < -0.4 is 0 Å². The molecule has 0 aliphatic heterocycles. The van der Waals surface area contributed by atoms with Crippen molar-refractivity contribution < 1.29 is 19.1 Å². The summed E-state index contributed by atoms with van der Waals surface area (Å²) in [5.74, 6) is 1.45. The minimum atomic E-state index is -0.127. The van der Waals surface area contributed by atoms with Crippen LogP contribution in [0.1, 0.15) is 80.6 Å². The molecule has 1 aromatic carbocycles. The fraction of sp³-hybridized carbons (Fsp3) is 0.586. The lowest BCUT2D eigenvalue weighted by atomic mass is 9.57. The molecule has 4 aliphatic rings. The molecule has 4 heteroatoms. The highest BCUT2D eigenvalue weighted by Gasteiger charge is 2.54. The largest absolute Gasteiger partial charge is 0.382 e. The fourth-order valence-corrected chi connectivity index (χ4v) is 7.26. The number of ketones is 2. The van der Waals surface area contributed by atoms with E-state index < -0.39 is 0 Å². The van der Waals surface area contributed by atoms with E-state index in [-0.39, 0.29) is 22.9 Å². The zero-order valence-electron chi connectivity index (χ0n) is 20.2. The molecule has 176 valence electrons. The average molecular weight is 449 g/mol. The predicted octanol–water partition coefficient (Wildman–Crippen LogP) is 5.82. The highest BCUT2D eigenvalue weighted by molar-refractivity contribution is 5.99. The molecular weight excluding hydrogens is 412 g/mol. The summed E-state index contributed by atoms with van der Waals surface area (Å²) in [4.78, 5) is 24.7. The van der Waals surface area contributed by atoms with E-state index in [0.717, 1.165) is 31.2 Å². The molecule has 0 bridgehead atoms. The van der Waals surface area contributed by atoms with E-state index in [9.17, 15) is 9.59 Å². The van der Waals surface area contributed by atoms with Crippen molar-refractivity contribution in [3.63, 3.8) is 0 Å². The maximum Gasteiger partial charge on any atom is 0.163 e. The fourth-order valence-electron chi connectivity index (χ4n) is 7.26. The molecule has 2 fully saturated rings. The van der Waals surface area contributed by atoms with Crippen molar-refractivity contribution in [1.29, 1.82) is 0 Å². The molecule has 5 atom stereocenters. The molecule has 5 rings (SSSR count). The summed E-state index contributed by atoms with van der Waals surface area (Å²) in [6, 6.07) is 7.67. The monoisotopic (exact) mass is 448 g/mol. The second kappa shape index (κ2) is 8.96. The Morgan fingerprint density at radius 2 is 1.88 bits per heavy atom. The number of benzene rings is 1. The lowest BCUT2D eigenvalue weighted by Gasteiger charge is -2.49. The van der Waals surface area contributed by atoms with Crippen LogP contribution in [0, 0.1) is 17.3 Å². The van der Waals surface area contributed by atoms with Crippen LogP contribution in [0.2, 0.25) is 0 Å². The number of hydrogen-bond donors (Lipinski definition) is 0. The second-order valence-electron chi connectivity index (χ2n) is 10.7. The minimum absolute atomic E-state index is 0.0603. The Balaban J connectivity index is 1.40. The Bertz CT molecular complexity index is 1000. The van der Waals surface area contributed by atoms with E-state index in [1.54, 1.807) is 19.6 Å². The number of Topliss-reactive ketones (excluding diaryl/α,β-unsaturated/α-hetero) is 1. The van der Waals surface area contributed by atoms with Crippen LogP contribution in [0.15, 0.2) is 47.1 Å². The summed E-state index contributed by atoms with van der Waals surface area (Å²) >= 11 is 0. The standard InChI is InChI=1S/C29H36O4/c1-18(30)19-4-6-20(7-5-19)25-17-24-21(16-27(25)31)8-9-23-22(24)12-13-29(2)26(23)10-11-28(29)33-15-14-32-3/h4-7,16,23,25-26,28H,8-15,17H2,1-3H3/t23-,25?,26+,28+,29+/m1/s1. The Kier molecular flexibility index (Phi) is 6.17. The summed E-state index contributed by atoms with van der Waals surface area (Å²) in [7, 11) is 1.73. The highest BCUT2D eigenvalue weighted by atomic mass is 16.5. The summed E-state index contributed by atoms with van der Waals surface area (Å²) < 4.78 is 11.5. The molecule has 4 aliphatic carbocycles. The van der Waals surface area contributed by atoms with Gasteiger partial charge in [0.15, 0.2) is 11.6 Å². The number of rotatable bonds is 6. The first-order valence-corrected chi connectivity index (χ1v) is 12.6. The van der Waals surface area contributed by atoms with Crippen molar-refractivity contribution in [3.8, 4) is 0 Å². The average Bonchev–Trinajstić information content (AvgIpc) is 3.15. The van der Waals surface area contributed by atoms with Gasteiger partial charge in [0.2, 0.25) is 0 Å². The van der Waals surface area contributed by atoms with Crippen molar-refractivity contribution in [2.75, 3.05) is 20.3 Å². The first kappa shape index (κ1) is 22.7. The molecule has 2 saturated carbocycles. The molecule has 1 unspecified atom stereocenters. The van der Waals surface area contributed by atoms with Gasteiger partial charge in [-0.15, -0.1) is 0 Å². The van der Waals surface area contributed by atoms with E-state index in [4.69, 9.17) is 9.47 Å². The minimum Gasteiger partial charge on any atom is -0.382 e. The Morgan fingerprint density at radius 3 is 2.61 bits per heavy atom. The molecular formula is C29H36O4. The van der Waals surface area contributed by atoms with Gasteiger partial charge in [0, 0.05) is 12.7 Å². The number of allylic oxidation sites excluding steroid dienone is 4. The zero-order chi connectivity index (χ0) is 23.2. The van der Waals surface area contributed by atoms with Gasteiger partial charge in [0.25, 0.3) is 0 Å². The number of hydrogen-bond acceptors (Lipinski definition) is 4. The number of ether oxygens (including phenoxy) is 2. The number of fused-ring (bicyclic) bond motifs is 4. The van der Waals surface area contributed by atoms with E-state index in [1.165, 1.54) is 30.4 Å². The molecule has 0 N–H and O–H groups in total.